The molecular formula is C16H24BrNO2. The summed E-state index contributed by atoms with van der Waals surface area (Å²) in [5.74, 6) is 1.48. The molecule has 1 rings (SSSR count). The predicted octanol–water partition coefficient (Wildman–Crippen LogP) is 4.26. The van der Waals surface area contributed by atoms with Crippen molar-refractivity contribution in [3.05, 3.63) is 27.7 Å². The van der Waals surface area contributed by atoms with E-state index < -0.39 is 0 Å². The largest absolute Gasteiger partial charge is 0.493 e. The van der Waals surface area contributed by atoms with Crippen LogP contribution in [0.1, 0.15) is 32.3 Å². The highest BCUT2D eigenvalue weighted by molar-refractivity contribution is 9.10. The van der Waals surface area contributed by atoms with E-state index in [1.165, 1.54) is 5.57 Å². The summed E-state index contributed by atoms with van der Waals surface area (Å²) in [5, 5.41) is 3.44. The van der Waals surface area contributed by atoms with Gasteiger partial charge in [-0.2, -0.15) is 0 Å². The predicted molar refractivity (Wildman–Crippen MR) is 88.7 cm³/mol. The second-order valence-corrected chi connectivity index (χ2v) is 5.42. The lowest BCUT2D eigenvalue weighted by Gasteiger charge is -2.12. The molecule has 4 heteroatoms. The summed E-state index contributed by atoms with van der Waals surface area (Å²) in [6.07, 6.45) is 4.38. The molecule has 0 saturated heterocycles. The van der Waals surface area contributed by atoms with Crippen LogP contribution in [-0.4, -0.2) is 27.3 Å². The van der Waals surface area contributed by atoms with E-state index in [0.717, 1.165) is 47.5 Å². The fourth-order valence-corrected chi connectivity index (χ4v) is 2.34. The van der Waals surface area contributed by atoms with E-state index >= 15 is 0 Å². The summed E-state index contributed by atoms with van der Waals surface area (Å²) in [6.45, 7) is 6.32. The maximum atomic E-state index is 5.35. The summed E-state index contributed by atoms with van der Waals surface area (Å²) in [4.78, 5) is 0. The van der Waals surface area contributed by atoms with E-state index in [-0.39, 0.29) is 0 Å². The van der Waals surface area contributed by atoms with Crippen molar-refractivity contribution in [1.29, 1.82) is 0 Å². The maximum absolute atomic E-state index is 5.35. The molecule has 0 aliphatic carbocycles. The Kier molecular flexibility index (Phi) is 7.70. The molecule has 0 spiro atoms. The Balaban J connectivity index is 2.99. The highest BCUT2D eigenvalue weighted by atomic mass is 79.9. The normalized spacial score (nSPS) is 11.6. The van der Waals surface area contributed by atoms with Crippen molar-refractivity contribution < 1.29 is 9.47 Å². The Morgan fingerprint density at radius 1 is 1.20 bits per heavy atom. The Bertz CT molecular complexity index is 458. The van der Waals surface area contributed by atoms with E-state index in [1.807, 2.05) is 12.1 Å². The lowest BCUT2D eigenvalue weighted by atomic mass is 10.1. The molecule has 112 valence electrons. The molecular weight excluding hydrogens is 318 g/mol. The first kappa shape index (κ1) is 17.1. The van der Waals surface area contributed by atoms with Gasteiger partial charge in [0.25, 0.3) is 0 Å². The quantitative estimate of drug-likeness (QED) is 0.716. The lowest BCUT2D eigenvalue weighted by molar-refractivity contribution is 0.354. The Hall–Kier alpha value is -1.00. The minimum atomic E-state index is 0.735. The van der Waals surface area contributed by atoms with Gasteiger partial charge in [0, 0.05) is 11.0 Å². The van der Waals surface area contributed by atoms with Crippen LogP contribution in [0.5, 0.6) is 11.5 Å². The first-order chi connectivity index (χ1) is 9.65. The van der Waals surface area contributed by atoms with Gasteiger partial charge in [-0.05, 0) is 37.1 Å². The number of benzene rings is 1. The fourth-order valence-electron chi connectivity index (χ4n) is 1.90. The minimum Gasteiger partial charge on any atom is -0.493 e. The van der Waals surface area contributed by atoms with Gasteiger partial charge in [0.1, 0.15) is 0 Å². The van der Waals surface area contributed by atoms with Gasteiger partial charge < -0.3 is 14.8 Å². The Morgan fingerprint density at radius 3 is 2.40 bits per heavy atom. The fraction of sp³-hybridized carbons (Fsp3) is 0.500. The van der Waals surface area contributed by atoms with Crippen LogP contribution in [0.2, 0.25) is 0 Å². The van der Waals surface area contributed by atoms with Crippen LogP contribution in [0.3, 0.4) is 0 Å². The highest BCUT2D eigenvalue weighted by Crippen LogP contribution is 2.34. The van der Waals surface area contributed by atoms with Crippen molar-refractivity contribution in [2.75, 3.05) is 27.3 Å². The molecule has 0 aliphatic heterocycles. The average Bonchev–Trinajstić information content (AvgIpc) is 2.47. The topological polar surface area (TPSA) is 30.5 Å². The number of ether oxygens (including phenoxy) is 2. The molecule has 3 nitrogen and oxygen atoms in total. The molecule has 0 amide bonds. The molecule has 0 saturated carbocycles. The highest BCUT2D eigenvalue weighted by Gasteiger charge is 2.08. The first-order valence-electron chi connectivity index (χ1n) is 6.97. The molecule has 0 heterocycles. The van der Waals surface area contributed by atoms with Crippen molar-refractivity contribution in [3.63, 3.8) is 0 Å². The van der Waals surface area contributed by atoms with Crippen molar-refractivity contribution >= 4 is 22.0 Å². The smallest absolute Gasteiger partial charge is 0.161 e. The molecule has 0 unspecified atom stereocenters. The standard InChI is InChI=1S/C16H24BrNO2/c1-5-7-18-11-12(6-2)8-13-9-15(19-3)16(20-4)10-14(13)17/h8-10,18H,5-7,11H2,1-4H3. The summed E-state index contributed by atoms with van der Waals surface area (Å²) < 4.78 is 11.7. The van der Waals surface area contributed by atoms with Crippen molar-refractivity contribution in [1.82, 2.24) is 5.32 Å². The second-order valence-electron chi connectivity index (χ2n) is 4.56. The third-order valence-electron chi connectivity index (χ3n) is 3.10. The van der Waals surface area contributed by atoms with E-state index in [9.17, 15) is 0 Å². The number of hydrogen-bond acceptors (Lipinski definition) is 3. The molecule has 0 bridgehead atoms. The molecule has 0 aromatic heterocycles. The summed E-state index contributed by atoms with van der Waals surface area (Å²) in [6, 6.07) is 3.94. The minimum absolute atomic E-state index is 0.735. The number of rotatable bonds is 8. The zero-order valence-corrected chi connectivity index (χ0v) is 14.3. The van der Waals surface area contributed by atoms with Gasteiger partial charge in [-0.1, -0.05) is 41.4 Å². The lowest BCUT2D eigenvalue weighted by Crippen LogP contribution is -2.17. The maximum Gasteiger partial charge on any atom is 0.161 e. The number of hydrogen-bond donors (Lipinski definition) is 1. The zero-order valence-electron chi connectivity index (χ0n) is 12.8. The van der Waals surface area contributed by atoms with Crippen LogP contribution in [0.15, 0.2) is 22.2 Å². The van der Waals surface area contributed by atoms with E-state index in [4.69, 9.17) is 9.47 Å². The van der Waals surface area contributed by atoms with Crippen molar-refractivity contribution in [3.8, 4) is 11.5 Å². The number of methoxy groups -OCH3 is 2. The van der Waals surface area contributed by atoms with Crippen LogP contribution in [-0.2, 0) is 0 Å². The van der Waals surface area contributed by atoms with Gasteiger partial charge in [-0.15, -0.1) is 0 Å². The van der Waals surface area contributed by atoms with Crippen LogP contribution >= 0.6 is 15.9 Å². The molecule has 0 aliphatic rings. The van der Waals surface area contributed by atoms with Gasteiger partial charge in [0.15, 0.2) is 11.5 Å². The van der Waals surface area contributed by atoms with E-state index in [1.54, 1.807) is 14.2 Å². The molecule has 0 fully saturated rings. The third-order valence-corrected chi connectivity index (χ3v) is 3.78. The van der Waals surface area contributed by atoms with Gasteiger partial charge in [0.2, 0.25) is 0 Å². The monoisotopic (exact) mass is 341 g/mol. The zero-order chi connectivity index (χ0) is 15.0. The van der Waals surface area contributed by atoms with E-state index in [2.05, 4.69) is 41.2 Å². The number of halogens is 1. The molecule has 20 heavy (non-hydrogen) atoms. The van der Waals surface area contributed by atoms with Gasteiger partial charge in [-0.3, -0.25) is 0 Å². The molecule has 0 atom stereocenters. The Labute approximate surface area is 130 Å². The molecule has 1 N–H and O–H groups in total. The van der Waals surface area contributed by atoms with Crippen molar-refractivity contribution in [2.45, 2.75) is 26.7 Å². The third kappa shape index (κ3) is 4.84. The van der Waals surface area contributed by atoms with E-state index in [0.29, 0.717) is 0 Å². The SMILES string of the molecule is CCCNCC(=Cc1cc(OC)c(OC)cc1Br)CC. The summed E-state index contributed by atoms with van der Waals surface area (Å²) in [7, 11) is 3.30. The van der Waals surface area contributed by atoms with Crippen LogP contribution in [0, 0.1) is 0 Å². The molecule has 1 aromatic rings. The van der Waals surface area contributed by atoms with Crippen LogP contribution in [0.4, 0.5) is 0 Å². The summed E-state index contributed by atoms with van der Waals surface area (Å²) >= 11 is 3.59. The number of nitrogens with one attached hydrogen (secondary N) is 1. The average molecular weight is 342 g/mol. The molecule has 0 radical (unpaired) electrons. The van der Waals surface area contributed by atoms with Crippen LogP contribution in [0.25, 0.3) is 6.08 Å². The summed E-state index contributed by atoms with van der Waals surface area (Å²) in [5.41, 5.74) is 2.48. The van der Waals surface area contributed by atoms with Gasteiger partial charge in [-0.25, -0.2) is 0 Å². The van der Waals surface area contributed by atoms with Gasteiger partial charge >= 0.3 is 0 Å². The Morgan fingerprint density at radius 2 is 1.85 bits per heavy atom. The van der Waals surface area contributed by atoms with Crippen molar-refractivity contribution in [2.24, 2.45) is 0 Å². The van der Waals surface area contributed by atoms with Crippen LogP contribution < -0.4 is 14.8 Å². The first-order valence-corrected chi connectivity index (χ1v) is 7.77. The second kappa shape index (κ2) is 9.03. The molecule has 1 aromatic carbocycles. The van der Waals surface area contributed by atoms with Gasteiger partial charge in [0.05, 0.1) is 14.2 Å².